The molecular weight excluding hydrogens is 467 g/mol. The first kappa shape index (κ1) is 26.9. The minimum atomic E-state index is -0.834. The van der Waals surface area contributed by atoms with E-state index in [1.54, 1.807) is 0 Å². The van der Waals surface area contributed by atoms with Gasteiger partial charge in [-0.05, 0) is 62.4 Å². The monoisotopic (exact) mass is 500 g/mol. The highest BCUT2D eigenvalue weighted by atomic mass is 32.2. The molecule has 0 aliphatic heterocycles. The van der Waals surface area contributed by atoms with Gasteiger partial charge in [0.2, 0.25) is 11.8 Å². The van der Waals surface area contributed by atoms with Gasteiger partial charge in [-0.2, -0.15) is 0 Å². The minimum absolute atomic E-state index is 0.0426. The number of hydrogen-bond acceptors (Lipinski definition) is 5. The van der Waals surface area contributed by atoms with Gasteiger partial charge in [0.05, 0.1) is 11.5 Å². The van der Waals surface area contributed by atoms with Gasteiger partial charge in [-0.1, -0.05) is 42.1 Å². The summed E-state index contributed by atoms with van der Waals surface area (Å²) < 4.78 is 19.0. The lowest BCUT2D eigenvalue weighted by molar-refractivity contribution is -0.136. The van der Waals surface area contributed by atoms with Crippen molar-refractivity contribution in [2.24, 2.45) is 5.41 Å². The fraction of sp³-hybridized carbons (Fsp3) is 0.444. The van der Waals surface area contributed by atoms with E-state index in [0.717, 1.165) is 30.2 Å². The number of rotatable bonds is 10. The van der Waals surface area contributed by atoms with Crippen LogP contribution in [0.4, 0.5) is 10.1 Å². The number of amides is 2. The van der Waals surface area contributed by atoms with Crippen LogP contribution in [0.15, 0.2) is 54.6 Å². The number of anilines is 1. The molecule has 0 aromatic heterocycles. The first-order chi connectivity index (χ1) is 16.8. The van der Waals surface area contributed by atoms with Gasteiger partial charge < -0.3 is 15.4 Å². The van der Waals surface area contributed by atoms with Crippen LogP contribution in [0.3, 0.4) is 0 Å². The molecule has 2 N–H and O–H groups in total. The molecule has 1 fully saturated rings. The van der Waals surface area contributed by atoms with Gasteiger partial charge in [-0.25, -0.2) is 4.39 Å². The van der Waals surface area contributed by atoms with Gasteiger partial charge in [0.15, 0.2) is 5.12 Å². The van der Waals surface area contributed by atoms with Crippen LogP contribution in [-0.2, 0) is 25.5 Å². The Morgan fingerprint density at radius 1 is 1.09 bits per heavy atom. The predicted molar refractivity (Wildman–Crippen MR) is 137 cm³/mol. The number of carbonyl (C=O) groups is 3. The van der Waals surface area contributed by atoms with Crippen molar-refractivity contribution in [2.75, 3.05) is 17.7 Å². The number of carbonyl (C=O) groups excluding carboxylic acids is 3. The first-order valence-electron chi connectivity index (χ1n) is 12.0. The van der Waals surface area contributed by atoms with E-state index in [4.69, 9.17) is 4.74 Å². The van der Waals surface area contributed by atoms with Gasteiger partial charge in [0.1, 0.15) is 11.9 Å². The van der Waals surface area contributed by atoms with Crippen LogP contribution in [0, 0.1) is 11.2 Å². The molecule has 0 spiro atoms. The molecule has 0 saturated heterocycles. The maximum Gasteiger partial charge on any atom is 0.247 e. The molecule has 0 bridgehead atoms. The van der Waals surface area contributed by atoms with E-state index in [0.29, 0.717) is 37.3 Å². The van der Waals surface area contributed by atoms with E-state index in [-0.39, 0.29) is 23.0 Å². The molecule has 1 aliphatic rings. The molecule has 188 valence electrons. The zero-order chi connectivity index (χ0) is 25.3. The molecule has 1 saturated carbocycles. The van der Waals surface area contributed by atoms with Crippen LogP contribution in [-0.4, -0.2) is 41.4 Å². The molecule has 0 radical (unpaired) electrons. The number of ether oxygens (including phenoxy) is 1. The van der Waals surface area contributed by atoms with Gasteiger partial charge >= 0.3 is 0 Å². The summed E-state index contributed by atoms with van der Waals surface area (Å²) in [7, 11) is 0. The van der Waals surface area contributed by atoms with Crippen LogP contribution in [0.1, 0.15) is 45.1 Å². The SMILES string of the molecule is CCOC1CCC(CSC(C)=O)(C(=O)N[C@@H](Cc2ccccc2)C(=O)Nc2ccc(F)cc2)CC1. The smallest absolute Gasteiger partial charge is 0.247 e. The molecular formula is C27H33FN2O4S. The van der Waals surface area contributed by atoms with Gasteiger partial charge in [0, 0.05) is 31.4 Å². The largest absolute Gasteiger partial charge is 0.379 e. The summed E-state index contributed by atoms with van der Waals surface area (Å²) in [5, 5.41) is 5.73. The van der Waals surface area contributed by atoms with Crippen molar-refractivity contribution in [2.45, 2.75) is 58.1 Å². The first-order valence-corrected chi connectivity index (χ1v) is 13.0. The van der Waals surface area contributed by atoms with E-state index in [1.165, 1.54) is 31.2 Å². The minimum Gasteiger partial charge on any atom is -0.379 e. The highest BCUT2D eigenvalue weighted by Gasteiger charge is 2.43. The Labute approximate surface area is 210 Å². The lowest BCUT2D eigenvalue weighted by Crippen LogP contribution is -2.53. The molecule has 2 aromatic rings. The molecule has 6 nitrogen and oxygen atoms in total. The van der Waals surface area contributed by atoms with Crippen molar-refractivity contribution in [3.05, 3.63) is 66.0 Å². The van der Waals surface area contributed by atoms with Gasteiger partial charge in [-0.3, -0.25) is 14.4 Å². The molecule has 35 heavy (non-hydrogen) atoms. The number of nitrogens with one attached hydrogen (secondary N) is 2. The van der Waals surface area contributed by atoms with Crippen molar-refractivity contribution in [3.8, 4) is 0 Å². The molecule has 2 aromatic carbocycles. The van der Waals surface area contributed by atoms with Crippen LogP contribution < -0.4 is 10.6 Å². The second kappa shape index (κ2) is 12.8. The zero-order valence-corrected chi connectivity index (χ0v) is 21.0. The molecule has 0 heterocycles. The quantitative estimate of drug-likeness (QED) is 0.492. The van der Waals surface area contributed by atoms with Crippen molar-refractivity contribution in [3.63, 3.8) is 0 Å². The summed E-state index contributed by atoms with van der Waals surface area (Å²) in [4.78, 5) is 38.7. The number of hydrogen-bond donors (Lipinski definition) is 2. The topological polar surface area (TPSA) is 84.5 Å². The average Bonchev–Trinajstić information content (AvgIpc) is 2.85. The van der Waals surface area contributed by atoms with Crippen molar-refractivity contribution in [1.29, 1.82) is 0 Å². The Bertz CT molecular complexity index is 992. The van der Waals surface area contributed by atoms with Crippen LogP contribution >= 0.6 is 11.8 Å². The average molecular weight is 501 g/mol. The summed E-state index contributed by atoms with van der Waals surface area (Å²) >= 11 is 1.15. The maximum atomic E-state index is 13.7. The highest BCUT2D eigenvalue weighted by molar-refractivity contribution is 8.13. The van der Waals surface area contributed by atoms with E-state index in [9.17, 15) is 18.8 Å². The van der Waals surface area contributed by atoms with Crippen LogP contribution in [0.2, 0.25) is 0 Å². The highest BCUT2D eigenvalue weighted by Crippen LogP contribution is 2.40. The van der Waals surface area contributed by atoms with E-state index >= 15 is 0 Å². The third-order valence-corrected chi connectivity index (χ3v) is 7.45. The number of thioether (sulfide) groups is 1. The molecule has 1 aliphatic carbocycles. The molecule has 3 rings (SSSR count). The van der Waals surface area contributed by atoms with Gasteiger partial charge in [-0.15, -0.1) is 0 Å². The standard InChI is InChI=1S/C27H33FN2O4S/c1-3-34-23-13-15-27(16-14-23,18-35-19(2)31)26(33)30-24(17-20-7-5-4-6-8-20)25(32)29-22-11-9-21(28)10-12-22/h4-12,23-24H,3,13-18H2,1-2H3,(H,29,32)(H,30,33)/t23?,24-,27?/m0/s1. The molecule has 8 heteroatoms. The fourth-order valence-electron chi connectivity index (χ4n) is 4.36. The van der Waals surface area contributed by atoms with Crippen LogP contribution in [0.5, 0.6) is 0 Å². The molecule has 0 unspecified atom stereocenters. The summed E-state index contributed by atoms with van der Waals surface area (Å²) in [6.07, 6.45) is 3.03. The van der Waals surface area contributed by atoms with E-state index in [2.05, 4.69) is 10.6 Å². The Balaban J connectivity index is 1.79. The van der Waals surface area contributed by atoms with E-state index in [1.807, 2.05) is 37.3 Å². The summed E-state index contributed by atoms with van der Waals surface area (Å²) in [5.41, 5.74) is 0.594. The molecule has 2 amide bonds. The third kappa shape index (κ3) is 7.90. The van der Waals surface area contributed by atoms with Crippen molar-refractivity contribution in [1.82, 2.24) is 5.32 Å². The third-order valence-electron chi connectivity index (χ3n) is 6.34. The predicted octanol–water partition coefficient (Wildman–Crippen LogP) is 4.74. The van der Waals surface area contributed by atoms with Crippen molar-refractivity contribution >= 4 is 34.4 Å². The number of halogens is 1. The second-order valence-electron chi connectivity index (χ2n) is 8.93. The maximum absolute atomic E-state index is 13.7. The Morgan fingerprint density at radius 2 is 1.74 bits per heavy atom. The molecule has 1 atom stereocenters. The Kier molecular flexibility index (Phi) is 9.86. The van der Waals surface area contributed by atoms with Crippen molar-refractivity contribution < 1.29 is 23.5 Å². The Morgan fingerprint density at radius 3 is 2.34 bits per heavy atom. The summed E-state index contributed by atoms with van der Waals surface area (Å²) in [6, 6.07) is 14.1. The fourth-order valence-corrected chi connectivity index (χ4v) is 5.26. The van der Waals surface area contributed by atoms with Gasteiger partial charge in [0.25, 0.3) is 0 Å². The number of benzene rings is 2. The van der Waals surface area contributed by atoms with E-state index < -0.39 is 17.3 Å². The van der Waals surface area contributed by atoms with Crippen LogP contribution in [0.25, 0.3) is 0 Å². The lowest BCUT2D eigenvalue weighted by atomic mass is 9.73. The Hall–Kier alpha value is -2.71. The normalized spacial score (nSPS) is 20.6. The lowest BCUT2D eigenvalue weighted by Gasteiger charge is -2.39. The summed E-state index contributed by atoms with van der Waals surface area (Å²) in [6.45, 7) is 4.07. The second-order valence-corrected chi connectivity index (χ2v) is 10.1. The summed E-state index contributed by atoms with van der Waals surface area (Å²) in [5.74, 6) is -0.641. The zero-order valence-electron chi connectivity index (χ0n) is 20.2.